The molecule has 0 spiro atoms. The number of hydrogen-bond acceptors (Lipinski definition) is 1. The lowest BCUT2D eigenvalue weighted by atomic mass is 9.79. The van der Waals surface area contributed by atoms with Crippen LogP contribution in [0.4, 0.5) is 0 Å². The summed E-state index contributed by atoms with van der Waals surface area (Å²) < 4.78 is 21.2. The highest BCUT2D eigenvalue weighted by atomic mass is 32.2. The van der Waals surface area contributed by atoms with E-state index in [1.54, 1.807) is 0 Å². The highest BCUT2D eigenvalue weighted by molar-refractivity contribution is 7.77. The van der Waals surface area contributed by atoms with Crippen LogP contribution in [-0.4, -0.2) is 14.8 Å². The molecule has 1 saturated carbocycles. The third-order valence-corrected chi connectivity index (χ3v) is 2.62. The van der Waals surface area contributed by atoms with Gasteiger partial charge >= 0.3 is 0 Å². The molecule has 60 valence electrons. The first kappa shape index (κ1) is 8.17. The topological polar surface area (TPSA) is 49.3 Å². The number of hydrogen-bond donors (Lipinski definition) is 2. The SMILES string of the molecule is CCC1CC(NS(=O)O)C1. The Morgan fingerprint density at radius 1 is 1.70 bits per heavy atom. The van der Waals surface area contributed by atoms with Gasteiger partial charge in [-0.1, -0.05) is 13.3 Å². The quantitative estimate of drug-likeness (QED) is 0.607. The van der Waals surface area contributed by atoms with Gasteiger partial charge in [-0.3, -0.25) is 4.55 Å². The molecular weight excluding hydrogens is 150 g/mol. The van der Waals surface area contributed by atoms with Crippen molar-refractivity contribution in [3.63, 3.8) is 0 Å². The Kier molecular flexibility index (Phi) is 2.82. The molecule has 0 saturated heterocycles. The summed E-state index contributed by atoms with van der Waals surface area (Å²) in [5, 5.41) is 0. The zero-order valence-corrected chi connectivity index (χ0v) is 6.86. The Morgan fingerprint density at radius 2 is 2.30 bits per heavy atom. The first-order chi connectivity index (χ1) is 4.72. The van der Waals surface area contributed by atoms with Gasteiger partial charge in [0.2, 0.25) is 11.3 Å². The maximum atomic E-state index is 10.2. The third-order valence-electron chi connectivity index (χ3n) is 2.08. The summed E-state index contributed by atoms with van der Waals surface area (Å²) in [6.45, 7) is 2.15. The Labute approximate surface area is 63.6 Å². The fourth-order valence-electron chi connectivity index (χ4n) is 1.31. The van der Waals surface area contributed by atoms with Gasteiger partial charge in [-0.2, -0.15) is 0 Å². The molecule has 0 radical (unpaired) electrons. The molecule has 1 atom stereocenters. The van der Waals surface area contributed by atoms with Crippen molar-refractivity contribution in [2.75, 3.05) is 0 Å². The van der Waals surface area contributed by atoms with Gasteiger partial charge in [-0.05, 0) is 18.8 Å². The van der Waals surface area contributed by atoms with Crippen LogP contribution in [0.15, 0.2) is 0 Å². The second kappa shape index (κ2) is 3.46. The summed E-state index contributed by atoms with van der Waals surface area (Å²) >= 11 is -1.81. The van der Waals surface area contributed by atoms with Gasteiger partial charge in [0.05, 0.1) is 0 Å². The molecule has 0 heterocycles. The van der Waals surface area contributed by atoms with Crippen LogP contribution in [0, 0.1) is 5.92 Å². The van der Waals surface area contributed by atoms with Crippen LogP contribution in [0.3, 0.4) is 0 Å². The van der Waals surface area contributed by atoms with Gasteiger partial charge in [0.25, 0.3) is 0 Å². The molecule has 4 heteroatoms. The maximum Gasteiger partial charge on any atom is 0.231 e. The van der Waals surface area contributed by atoms with Crippen LogP contribution in [0.2, 0.25) is 0 Å². The first-order valence-electron chi connectivity index (χ1n) is 3.59. The molecule has 1 unspecified atom stereocenters. The van der Waals surface area contributed by atoms with Crippen LogP contribution in [-0.2, 0) is 11.3 Å². The van der Waals surface area contributed by atoms with E-state index in [1.807, 2.05) is 0 Å². The van der Waals surface area contributed by atoms with Crippen molar-refractivity contribution in [1.29, 1.82) is 0 Å². The van der Waals surface area contributed by atoms with Crippen molar-refractivity contribution in [2.24, 2.45) is 5.92 Å². The average molecular weight is 163 g/mol. The molecule has 0 aromatic rings. The monoisotopic (exact) mass is 163 g/mol. The summed E-state index contributed by atoms with van der Waals surface area (Å²) in [5.41, 5.74) is 0. The number of rotatable bonds is 3. The normalized spacial score (nSPS) is 35.0. The van der Waals surface area contributed by atoms with Gasteiger partial charge < -0.3 is 0 Å². The van der Waals surface area contributed by atoms with Crippen molar-refractivity contribution < 1.29 is 8.76 Å². The molecule has 3 nitrogen and oxygen atoms in total. The maximum absolute atomic E-state index is 10.2. The molecule has 0 aliphatic heterocycles. The van der Waals surface area contributed by atoms with Gasteiger partial charge in [-0.15, -0.1) is 0 Å². The van der Waals surface area contributed by atoms with Gasteiger partial charge in [-0.25, -0.2) is 8.93 Å². The summed E-state index contributed by atoms with van der Waals surface area (Å²) in [6.07, 6.45) is 3.31. The molecule has 1 aliphatic rings. The number of nitrogens with one attached hydrogen (secondary N) is 1. The van der Waals surface area contributed by atoms with Crippen LogP contribution in [0.25, 0.3) is 0 Å². The van der Waals surface area contributed by atoms with E-state index in [-0.39, 0.29) is 6.04 Å². The van der Waals surface area contributed by atoms with Crippen molar-refractivity contribution in [3.8, 4) is 0 Å². The van der Waals surface area contributed by atoms with Crippen molar-refractivity contribution in [2.45, 2.75) is 32.2 Å². The zero-order valence-electron chi connectivity index (χ0n) is 6.04. The van der Waals surface area contributed by atoms with E-state index in [1.165, 1.54) is 6.42 Å². The molecule has 0 amide bonds. The van der Waals surface area contributed by atoms with E-state index in [0.29, 0.717) is 0 Å². The van der Waals surface area contributed by atoms with Crippen LogP contribution < -0.4 is 4.72 Å². The standard InChI is InChI=1S/C6H13NO2S/c1-2-5-3-6(4-5)7-10(8)9/h5-7H,2-4H2,1H3,(H,8,9). The summed E-state index contributed by atoms with van der Waals surface area (Å²) in [4.78, 5) is 0. The lowest BCUT2D eigenvalue weighted by Crippen LogP contribution is -2.41. The minimum absolute atomic E-state index is 0.288. The molecular formula is C6H13NO2S. The van der Waals surface area contributed by atoms with Crippen molar-refractivity contribution in [3.05, 3.63) is 0 Å². The second-order valence-corrected chi connectivity index (χ2v) is 3.54. The third kappa shape index (κ3) is 2.04. The molecule has 0 bridgehead atoms. The zero-order chi connectivity index (χ0) is 7.56. The molecule has 0 aromatic heterocycles. The minimum Gasteiger partial charge on any atom is -0.294 e. The van der Waals surface area contributed by atoms with Crippen LogP contribution >= 0.6 is 0 Å². The predicted octanol–water partition coefficient (Wildman–Crippen LogP) is 0.901. The molecule has 1 fully saturated rings. The van der Waals surface area contributed by atoms with Crippen molar-refractivity contribution >= 4 is 11.3 Å². The van der Waals surface area contributed by atoms with Gasteiger partial charge in [0.1, 0.15) is 0 Å². The fourth-order valence-corrected chi connectivity index (χ4v) is 1.79. The van der Waals surface area contributed by atoms with Crippen LogP contribution in [0.5, 0.6) is 0 Å². The molecule has 2 N–H and O–H groups in total. The molecule has 1 rings (SSSR count). The second-order valence-electron chi connectivity index (χ2n) is 2.81. The van der Waals surface area contributed by atoms with E-state index in [4.69, 9.17) is 4.55 Å². The molecule has 0 aromatic carbocycles. The fraction of sp³-hybridized carbons (Fsp3) is 1.00. The van der Waals surface area contributed by atoms with Crippen LogP contribution in [0.1, 0.15) is 26.2 Å². The summed E-state index contributed by atoms with van der Waals surface area (Å²) in [5.74, 6) is 0.779. The lowest BCUT2D eigenvalue weighted by molar-refractivity contribution is 0.240. The molecule has 10 heavy (non-hydrogen) atoms. The van der Waals surface area contributed by atoms with E-state index < -0.39 is 11.3 Å². The lowest BCUT2D eigenvalue weighted by Gasteiger charge is -2.33. The van der Waals surface area contributed by atoms with Gasteiger partial charge in [0, 0.05) is 6.04 Å². The highest BCUT2D eigenvalue weighted by Crippen LogP contribution is 2.29. The Bertz CT molecular complexity index is 134. The van der Waals surface area contributed by atoms with Crippen molar-refractivity contribution in [1.82, 2.24) is 4.72 Å². The largest absolute Gasteiger partial charge is 0.294 e. The summed E-state index contributed by atoms with van der Waals surface area (Å²) in [7, 11) is 0. The first-order valence-corrected chi connectivity index (χ1v) is 4.70. The predicted molar refractivity (Wildman–Crippen MR) is 40.7 cm³/mol. The minimum atomic E-state index is -1.81. The Balaban J connectivity index is 2.08. The van der Waals surface area contributed by atoms with E-state index in [0.717, 1.165) is 18.8 Å². The van der Waals surface area contributed by atoms with E-state index in [9.17, 15) is 4.21 Å². The smallest absolute Gasteiger partial charge is 0.231 e. The van der Waals surface area contributed by atoms with E-state index >= 15 is 0 Å². The summed E-state index contributed by atoms with van der Waals surface area (Å²) in [6, 6.07) is 0.288. The van der Waals surface area contributed by atoms with E-state index in [2.05, 4.69) is 11.6 Å². The Hall–Kier alpha value is 0.0700. The average Bonchev–Trinajstić information content (AvgIpc) is 1.76. The molecule has 1 aliphatic carbocycles. The van der Waals surface area contributed by atoms with Gasteiger partial charge in [0.15, 0.2) is 0 Å². The highest BCUT2D eigenvalue weighted by Gasteiger charge is 2.28. The Morgan fingerprint density at radius 3 is 2.70 bits per heavy atom.